The van der Waals surface area contributed by atoms with E-state index in [-0.39, 0.29) is 6.04 Å². The third-order valence-corrected chi connectivity index (χ3v) is 5.01. The summed E-state index contributed by atoms with van der Waals surface area (Å²) in [4.78, 5) is 0. The van der Waals surface area contributed by atoms with E-state index in [9.17, 15) is 5.11 Å². The van der Waals surface area contributed by atoms with Gasteiger partial charge in [-0.15, -0.1) is 0 Å². The summed E-state index contributed by atoms with van der Waals surface area (Å²) in [6.45, 7) is 6.47. The number of aromatic nitrogens is 2. The quantitative estimate of drug-likeness (QED) is 0.835. The Morgan fingerprint density at radius 3 is 2.84 bits per heavy atom. The van der Waals surface area contributed by atoms with Gasteiger partial charge in [0.15, 0.2) is 0 Å². The lowest BCUT2D eigenvalue weighted by molar-refractivity contribution is 0.00906. The maximum absolute atomic E-state index is 11.1. The van der Waals surface area contributed by atoms with Crippen molar-refractivity contribution in [2.75, 3.05) is 0 Å². The van der Waals surface area contributed by atoms with E-state index in [4.69, 9.17) is 0 Å². The van der Waals surface area contributed by atoms with Crippen molar-refractivity contribution >= 4 is 15.9 Å². The Morgan fingerprint density at radius 2 is 2.21 bits per heavy atom. The SMILES string of the molecule is CCC1CCCC(O)(c2c(Br)cnn2C(C)C)CC1. The fourth-order valence-corrected chi connectivity index (χ4v) is 3.85. The lowest BCUT2D eigenvalue weighted by atomic mass is 9.89. The first-order valence-electron chi connectivity index (χ1n) is 7.43. The third kappa shape index (κ3) is 3.05. The molecule has 1 fully saturated rings. The van der Waals surface area contributed by atoms with Gasteiger partial charge in [0.2, 0.25) is 0 Å². The highest BCUT2D eigenvalue weighted by Gasteiger charge is 2.37. The van der Waals surface area contributed by atoms with Gasteiger partial charge in [0, 0.05) is 6.04 Å². The van der Waals surface area contributed by atoms with E-state index in [1.807, 2.05) is 10.9 Å². The first-order chi connectivity index (χ1) is 8.98. The van der Waals surface area contributed by atoms with Crippen molar-refractivity contribution < 1.29 is 5.11 Å². The summed E-state index contributed by atoms with van der Waals surface area (Å²) in [5.41, 5.74) is 0.253. The molecular formula is C15H25BrN2O. The molecule has 1 N–H and O–H groups in total. The topological polar surface area (TPSA) is 38.1 Å². The van der Waals surface area contributed by atoms with Crippen LogP contribution in [0.2, 0.25) is 0 Å². The average Bonchev–Trinajstić information content (AvgIpc) is 2.65. The summed E-state index contributed by atoms with van der Waals surface area (Å²) in [7, 11) is 0. The smallest absolute Gasteiger partial charge is 0.107 e. The van der Waals surface area contributed by atoms with E-state index in [0.717, 1.165) is 41.8 Å². The Balaban J connectivity index is 2.31. The van der Waals surface area contributed by atoms with Crippen molar-refractivity contribution in [3.05, 3.63) is 16.4 Å². The Morgan fingerprint density at radius 1 is 1.47 bits per heavy atom. The van der Waals surface area contributed by atoms with Gasteiger partial charge in [-0.25, -0.2) is 0 Å². The monoisotopic (exact) mass is 328 g/mol. The zero-order valence-electron chi connectivity index (χ0n) is 12.2. The highest BCUT2D eigenvalue weighted by atomic mass is 79.9. The molecule has 0 bridgehead atoms. The second kappa shape index (κ2) is 5.96. The number of halogens is 1. The minimum Gasteiger partial charge on any atom is -0.384 e. The van der Waals surface area contributed by atoms with Crippen molar-refractivity contribution in [3.8, 4) is 0 Å². The molecule has 1 aromatic rings. The predicted molar refractivity (Wildman–Crippen MR) is 81.1 cm³/mol. The highest BCUT2D eigenvalue weighted by molar-refractivity contribution is 9.10. The Bertz CT molecular complexity index is 430. The van der Waals surface area contributed by atoms with Crippen molar-refractivity contribution in [1.29, 1.82) is 0 Å². The molecule has 0 saturated heterocycles. The molecule has 2 unspecified atom stereocenters. The van der Waals surface area contributed by atoms with Crippen molar-refractivity contribution in [2.24, 2.45) is 5.92 Å². The second-order valence-corrected chi connectivity index (χ2v) is 6.97. The number of hydrogen-bond acceptors (Lipinski definition) is 2. The summed E-state index contributed by atoms with van der Waals surface area (Å²) in [5.74, 6) is 0.767. The zero-order chi connectivity index (χ0) is 14.0. The summed E-state index contributed by atoms with van der Waals surface area (Å²) >= 11 is 3.57. The number of aliphatic hydroxyl groups is 1. The lowest BCUT2D eigenvalue weighted by Crippen LogP contribution is -2.29. The summed E-state index contributed by atoms with van der Waals surface area (Å²) in [6.07, 6.45) is 8.19. The molecule has 1 aromatic heterocycles. The van der Waals surface area contributed by atoms with Crippen LogP contribution in [0.15, 0.2) is 10.7 Å². The molecule has 19 heavy (non-hydrogen) atoms. The molecule has 0 aliphatic heterocycles. The van der Waals surface area contributed by atoms with Gasteiger partial charge >= 0.3 is 0 Å². The number of nitrogens with zero attached hydrogens (tertiary/aromatic N) is 2. The molecule has 2 atom stereocenters. The van der Waals surface area contributed by atoms with E-state index in [2.05, 4.69) is 41.8 Å². The van der Waals surface area contributed by atoms with Crippen LogP contribution in [0.25, 0.3) is 0 Å². The highest BCUT2D eigenvalue weighted by Crippen LogP contribution is 2.41. The molecule has 3 nitrogen and oxygen atoms in total. The largest absolute Gasteiger partial charge is 0.384 e. The molecule has 1 heterocycles. The summed E-state index contributed by atoms with van der Waals surface area (Å²) < 4.78 is 2.91. The van der Waals surface area contributed by atoms with Crippen molar-refractivity contribution in [3.63, 3.8) is 0 Å². The molecule has 108 valence electrons. The fraction of sp³-hybridized carbons (Fsp3) is 0.800. The molecule has 1 saturated carbocycles. The first-order valence-corrected chi connectivity index (χ1v) is 8.23. The second-order valence-electron chi connectivity index (χ2n) is 6.12. The number of rotatable bonds is 3. The van der Waals surface area contributed by atoms with Crippen LogP contribution in [-0.4, -0.2) is 14.9 Å². The zero-order valence-corrected chi connectivity index (χ0v) is 13.8. The van der Waals surface area contributed by atoms with E-state index in [1.165, 1.54) is 12.8 Å². The molecule has 4 heteroatoms. The van der Waals surface area contributed by atoms with Crippen molar-refractivity contribution in [1.82, 2.24) is 9.78 Å². The van der Waals surface area contributed by atoms with Gasteiger partial charge in [0.1, 0.15) is 5.60 Å². The predicted octanol–water partition coefficient (Wildman–Crippen LogP) is 4.40. The summed E-state index contributed by atoms with van der Waals surface area (Å²) in [5, 5.41) is 15.6. The molecule has 1 aliphatic rings. The van der Waals surface area contributed by atoms with Gasteiger partial charge in [-0.2, -0.15) is 5.10 Å². The van der Waals surface area contributed by atoms with Gasteiger partial charge in [0.25, 0.3) is 0 Å². The minimum absolute atomic E-state index is 0.274. The van der Waals surface area contributed by atoms with Crippen LogP contribution in [0.5, 0.6) is 0 Å². The molecule has 2 rings (SSSR count). The van der Waals surface area contributed by atoms with Crippen LogP contribution in [0.4, 0.5) is 0 Å². The van der Waals surface area contributed by atoms with Crippen LogP contribution in [0.1, 0.15) is 71.0 Å². The molecule has 0 amide bonds. The molecule has 0 radical (unpaired) electrons. The Kier molecular flexibility index (Phi) is 4.72. The molecule has 0 spiro atoms. The van der Waals surface area contributed by atoms with E-state index < -0.39 is 5.60 Å². The maximum Gasteiger partial charge on any atom is 0.107 e. The van der Waals surface area contributed by atoms with Gasteiger partial charge in [-0.3, -0.25) is 4.68 Å². The normalized spacial score (nSPS) is 28.6. The Labute approximate surface area is 124 Å². The van der Waals surface area contributed by atoms with E-state index in [0.29, 0.717) is 0 Å². The van der Waals surface area contributed by atoms with Gasteiger partial charge in [-0.05, 0) is 61.4 Å². The van der Waals surface area contributed by atoms with Crippen molar-refractivity contribution in [2.45, 2.75) is 70.9 Å². The van der Waals surface area contributed by atoms with Crippen LogP contribution in [0, 0.1) is 5.92 Å². The lowest BCUT2D eigenvalue weighted by Gasteiger charge is -2.29. The van der Waals surface area contributed by atoms with E-state index >= 15 is 0 Å². The van der Waals surface area contributed by atoms with Crippen LogP contribution < -0.4 is 0 Å². The van der Waals surface area contributed by atoms with Gasteiger partial charge < -0.3 is 5.11 Å². The minimum atomic E-state index is -0.719. The van der Waals surface area contributed by atoms with E-state index in [1.54, 1.807) is 0 Å². The maximum atomic E-state index is 11.1. The van der Waals surface area contributed by atoms with Crippen LogP contribution in [0.3, 0.4) is 0 Å². The number of hydrogen-bond donors (Lipinski definition) is 1. The van der Waals surface area contributed by atoms with Gasteiger partial charge in [-0.1, -0.05) is 19.8 Å². The molecule has 1 aliphatic carbocycles. The standard InChI is InChI=1S/C15H25BrN2O/c1-4-12-6-5-8-15(19,9-7-12)14-13(16)10-17-18(14)11(2)3/h10-12,19H,4-9H2,1-3H3. The summed E-state index contributed by atoms with van der Waals surface area (Å²) in [6, 6.07) is 0.274. The first kappa shape index (κ1) is 15.0. The van der Waals surface area contributed by atoms with Gasteiger partial charge in [0.05, 0.1) is 16.4 Å². The fourth-order valence-electron chi connectivity index (χ4n) is 3.21. The molecular weight excluding hydrogens is 304 g/mol. The third-order valence-electron chi connectivity index (χ3n) is 4.43. The molecule has 0 aromatic carbocycles. The Hall–Kier alpha value is -0.350. The average molecular weight is 329 g/mol. The van der Waals surface area contributed by atoms with Crippen LogP contribution in [-0.2, 0) is 5.60 Å². The van der Waals surface area contributed by atoms with Crippen LogP contribution >= 0.6 is 15.9 Å².